The van der Waals surface area contributed by atoms with Crippen LogP contribution in [0.3, 0.4) is 0 Å². The molecule has 19 heteroatoms. The van der Waals surface area contributed by atoms with Gasteiger partial charge in [0.1, 0.15) is 6.33 Å². The minimum atomic E-state index is -4.40. The third-order valence-corrected chi connectivity index (χ3v) is 6.46. The first kappa shape index (κ1) is 28.6. The van der Waals surface area contributed by atoms with E-state index >= 15 is 0 Å². The number of benzene rings is 2. The largest absolute Gasteiger partial charge is 0.398 e. The maximum Gasteiger partial charge on any atom is 0.392 e. The predicted octanol–water partition coefficient (Wildman–Crippen LogP) is 5.36. The number of halogens is 8. The van der Waals surface area contributed by atoms with Crippen LogP contribution in [0.4, 0.5) is 52.2 Å². The first-order chi connectivity index (χ1) is 18.5. The number of hydrogen-bond donors (Lipinski definition) is 1. The fourth-order valence-corrected chi connectivity index (χ4v) is 4.33. The van der Waals surface area contributed by atoms with Crippen LogP contribution in [0.2, 0.25) is 0 Å². The smallest absolute Gasteiger partial charge is 0.392 e. The molecule has 0 spiro atoms. The predicted molar refractivity (Wildman–Crippen MR) is 117 cm³/mol. The number of aromatic nitrogens is 4. The minimum Gasteiger partial charge on any atom is -0.398 e. The SMILES string of the molecule is Nc1cc([N+](=O)[O-])c(F)cc1[C@H]1C[C@@H]1C(F)(F)F.O=[N+]([O-])c1cc(-n2cnnn2)c([C@H]2C[C@@H]2C(F)(F)F)cc1F. The molecular formula is C21H15F8N7O4. The minimum absolute atomic E-state index is 0.00211. The average Bonchev–Trinajstić information content (AvgIpc) is 3.75. The maximum absolute atomic E-state index is 13.8. The van der Waals surface area contributed by atoms with Crippen LogP contribution < -0.4 is 5.73 Å². The Labute approximate surface area is 216 Å². The molecule has 2 aliphatic rings. The number of rotatable bonds is 5. The second-order valence-corrected chi connectivity index (χ2v) is 9.04. The third kappa shape index (κ3) is 5.76. The summed E-state index contributed by atoms with van der Waals surface area (Å²) >= 11 is 0. The van der Waals surface area contributed by atoms with Crippen LogP contribution in [0.5, 0.6) is 0 Å². The lowest BCUT2D eigenvalue weighted by molar-refractivity contribution is -0.387. The molecule has 3 aromatic rings. The van der Waals surface area contributed by atoms with E-state index in [9.17, 15) is 55.4 Å². The summed E-state index contributed by atoms with van der Waals surface area (Å²) in [5.74, 6) is -7.36. The van der Waals surface area contributed by atoms with Crippen molar-refractivity contribution >= 4 is 17.1 Å². The highest BCUT2D eigenvalue weighted by Crippen LogP contribution is 2.58. The Kier molecular flexibility index (Phi) is 7.10. The highest BCUT2D eigenvalue weighted by molar-refractivity contribution is 5.57. The Bertz CT molecular complexity index is 1460. The fourth-order valence-electron chi connectivity index (χ4n) is 4.33. The van der Waals surface area contributed by atoms with Crippen molar-refractivity contribution in [2.24, 2.45) is 11.8 Å². The van der Waals surface area contributed by atoms with Crippen LogP contribution in [0.1, 0.15) is 35.8 Å². The Hall–Kier alpha value is -4.45. The molecular weight excluding hydrogens is 566 g/mol. The summed E-state index contributed by atoms with van der Waals surface area (Å²) in [5.41, 5.74) is 3.53. The van der Waals surface area contributed by atoms with E-state index in [0.29, 0.717) is 0 Å². The molecule has 2 fully saturated rings. The molecule has 5 rings (SSSR count). The molecule has 0 saturated heterocycles. The number of nitrogens with zero attached hydrogens (tertiary/aromatic N) is 6. The molecule has 11 nitrogen and oxygen atoms in total. The van der Waals surface area contributed by atoms with Gasteiger partial charge in [0.25, 0.3) is 0 Å². The first-order valence-corrected chi connectivity index (χ1v) is 11.1. The first-order valence-electron chi connectivity index (χ1n) is 11.1. The van der Waals surface area contributed by atoms with Crippen LogP contribution in [-0.4, -0.2) is 42.4 Å². The second-order valence-electron chi connectivity index (χ2n) is 9.04. The molecule has 2 N–H and O–H groups in total. The number of hydrogen-bond acceptors (Lipinski definition) is 8. The monoisotopic (exact) mass is 581 g/mol. The van der Waals surface area contributed by atoms with Gasteiger partial charge < -0.3 is 5.73 Å². The van der Waals surface area contributed by atoms with Gasteiger partial charge in [-0.05, 0) is 58.4 Å². The van der Waals surface area contributed by atoms with Crippen LogP contribution in [0.25, 0.3) is 5.69 Å². The Balaban J connectivity index is 0.000000189. The normalized spacial score (nSPS) is 21.8. The van der Waals surface area contributed by atoms with Crippen LogP contribution in [0.15, 0.2) is 30.6 Å². The van der Waals surface area contributed by atoms with Crippen molar-refractivity contribution in [1.29, 1.82) is 0 Å². The Morgan fingerprint density at radius 3 is 1.73 bits per heavy atom. The van der Waals surface area contributed by atoms with E-state index in [2.05, 4.69) is 15.5 Å². The number of alkyl halides is 6. The number of anilines is 1. The lowest BCUT2D eigenvalue weighted by Crippen LogP contribution is -2.12. The summed E-state index contributed by atoms with van der Waals surface area (Å²) in [7, 11) is 0. The molecule has 0 amide bonds. The molecule has 2 aromatic carbocycles. The molecule has 0 unspecified atom stereocenters. The summed E-state index contributed by atoms with van der Waals surface area (Å²) < 4.78 is 103. The van der Waals surface area contributed by atoms with Crippen molar-refractivity contribution in [2.75, 3.05) is 5.73 Å². The second kappa shape index (κ2) is 9.94. The van der Waals surface area contributed by atoms with Crippen molar-refractivity contribution < 1.29 is 45.0 Å². The van der Waals surface area contributed by atoms with Gasteiger partial charge in [0.2, 0.25) is 11.6 Å². The summed E-state index contributed by atoms with van der Waals surface area (Å²) in [4.78, 5) is 19.3. The van der Waals surface area contributed by atoms with Crippen LogP contribution in [-0.2, 0) is 0 Å². The van der Waals surface area contributed by atoms with Crippen LogP contribution >= 0.6 is 0 Å². The van der Waals surface area contributed by atoms with Gasteiger partial charge in [-0.25, -0.2) is 0 Å². The topological polar surface area (TPSA) is 156 Å². The van der Waals surface area contributed by atoms with Gasteiger partial charge in [0.15, 0.2) is 0 Å². The number of nitro groups is 2. The third-order valence-electron chi connectivity index (χ3n) is 6.46. The summed E-state index contributed by atoms with van der Waals surface area (Å²) in [6, 6.07) is 3.08. The van der Waals surface area contributed by atoms with Gasteiger partial charge in [-0.3, -0.25) is 20.2 Å². The van der Waals surface area contributed by atoms with Gasteiger partial charge in [-0.2, -0.15) is 39.8 Å². The summed E-state index contributed by atoms with van der Waals surface area (Å²) in [6.07, 6.45) is -8.04. The van der Waals surface area contributed by atoms with E-state index in [1.165, 1.54) is 0 Å². The standard InChI is InChI=1S/C11H7F4N5O2.C10H8F4N2O2/c12-8-2-6(5-1-7(5)11(13,14)15)9(3-10(8)20(21)22)19-4-16-17-18-19;11-7-2-5(4-1-6(4)10(12,13)14)8(15)3-9(7)16(17)18/h2-5,7H,1H2;2-4,6H,1,15H2/t5-,7+;4-,6+/m11/s1. The van der Waals surface area contributed by atoms with E-state index in [1.807, 2.05) is 0 Å². The van der Waals surface area contributed by atoms with E-state index < -0.39 is 68.9 Å². The highest BCUT2D eigenvalue weighted by atomic mass is 19.4. The highest BCUT2D eigenvalue weighted by Gasteiger charge is 2.57. The molecule has 1 aromatic heterocycles. The number of nitrogen functional groups attached to an aromatic ring is 1. The maximum atomic E-state index is 13.8. The van der Waals surface area contributed by atoms with E-state index in [4.69, 9.17) is 5.73 Å². The van der Waals surface area contributed by atoms with Crippen molar-refractivity contribution in [3.63, 3.8) is 0 Å². The lowest BCUT2D eigenvalue weighted by Gasteiger charge is -2.10. The van der Waals surface area contributed by atoms with Crippen LogP contribution in [0, 0.1) is 43.7 Å². The van der Waals surface area contributed by atoms with Crippen molar-refractivity contribution in [1.82, 2.24) is 20.2 Å². The summed E-state index contributed by atoms with van der Waals surface area (Å²) in [5, 5.41) is 31.4. The summed E-state index contributed by atoms with van der Waals surface area (Å²) in [6.45, 7) is 0. The van der Waals surface area contributed by atoms with Crippen molar-refractivity contribution in [3.8, 4) is 5.69 Å². The zero-order chi connectivity index (χ0) is 29.7. The quantitative estimate of drug-likeness (QED) is 0.183. The zero-order valence-electron chi connectivity index (χ0n) is 19.5. The van der Waals surface area contributed by atoms with Gasteiger partial charge in [-0.1, -0.05) is 0 Å². The van der Waals surface area contributed by atoms with Gasteiger partial charge in [0, 0.05) is 17.8 Å². The molecule has 40 heavy (non-hydrogen) atoms. The van der Waals surface area contributed by atoms with Gasteiger partial charge >= 0.3 is 23.7 Å². The molecule has 0 bridgehead atoms. The number of tetrazole rings is 1. The van der Waals surface area contributed by atoms with E-state index in [-0.39, 0.29) is 35.3 Å². The van der Waals surface area contributed by atoms with Gasteiger partial charge in [0.05, 0.1) is 27.4 Å². The zero-order valence-corrected chi connectivity index (χ0v) is 19.5. The number of nitrogens with two attached hydrogens (primary N) is 1. The fraction of sp³-hybridized carbons (Fsp3) is 0.381. The average molecular weight is 581 g/mol. The molecule has 0 aliphatic heterocycles. The molecule has 4 atom stereocenters. The Morgan fingerprint density at radius 1 is 0.825 bits per heavy atom. The molecule has 1 heterocycles. The van der Waals surface area contributed by atoms with Crippen molar-refractivity contribution in [3.05, 3.63) is 73.6 Å². The van der Waals surface area contributed by atoms with E-state index in [0.717, 1.165) is 35.3 Å². The van der Waals surface area contributed by atoms with Crippen molar-refractivity contribution in [2.45, 2.75) is 37.0 Å². The molecule has 0 radical (unpaired) electrons. The lowest BCUT2D eigenvalue weighted by atomic mass is 10.1. The molecule has 214 valence electrons. The number of nitro benzene ring substituents is 2. The molecule has 2 saturated carbocycles. The Morgan fingerprint density at radius 2 is 1.30 bits per heavy atom. The van der Waals surface area contributed by atoms with Gasteiger partial charge in [-0.15, -0.1) is 5.10 Å². The molecule has 2 aliphatic carbocycles. The van der Waals surface area contributed by atoms with E-state index in [1.54, 1.807) is 0 Å².